The van der Waals surface area contributed by atoms with Crippen molar-refractivity contribution in [2.24, 2.45) is 5.73 Å². The molecule has 0 unspecified atom stereocenters. The van der Waals surface area contributed by atoms with Crippen LogP contribution in [-0.2, 0) is 14.9 Å². The molecule has 0 saturated heterocycles. The predicted octanol–water partition coefficient (Wildman–Crippen LogP) is -2.14. The zero-order chi connectivity index (χ0) is 13.3. The molecule has 0 aliphatic carbocycles. The maximum absolute atomic E-state index is 10.2. The molecule has 0 fully saturated rings. The molecule has 0 heterocycles. The topological polar surface area (TPSA) is 100 Å². The summed E-state index contributed by atoms with van der Waals surface area (Å²) in [5.41, 5.74) is 5.23. The van der Waals surface area contributed by atoms with Crippen LogP contribution in [0.1, 0.15) is 5.56 Å². The molecule has 0 atom stereocenters. The van der Waals surface area contributed by atoms with E-state index < -0.39 is 16.0 Å². The third-order valence-corrected chi connectivity index (χ3v) is 1.90. The van der Waals surface area contributed by atoms with E-state index >= 15 is 0 Å². The van der Waals surface area contributed by atoms with Gasteiger partial charge in [0.05, 0.1) is 0 Å². The zero-order valence-electron chi connectivity index (χ0n) is 9.94. The van der Waals surface area contributed by atoms with Crippen molar-refractivity contribution in [3.63, 3.8) is 0 Å². The van der Waals surface area contributed by atoms with Gasteiger partial charge in [-0.1, -0.05) is 36.9 Å². The van der Waals surface area contributed by atoms with Crippen LogP contribution in [0.3, 0.4) is 0 Å². The third kappa shape index (κ3) is 13.1. The van der Waals surface area contributed by atoms with Crippen LogP contribution >= 0.6 is 0 Å². The predicted molar refractivity (Wildman–Crippen MR) is 64.6 cm³/mol. The molecule has 5 nitrogen and oxygen atoms in total. The first-order chi connectivity index (χ1) is 7.85. The van der Waals surface area contributed by atoms with Crippen LogP contribution < -0.4 is 35.3 Å². The second-order valence-corrected chi connectivity index (χ2v) is 4.07. The molecule has 7 heteroatoms. The molecule has 0 saturated carbocycles. The number of hydrogen-bond donors (Lipinski definition) is 1. The summed E-state index contributed by atoms with van der Waals surface area (Å²) < 4.78 is 30.5. The Hall–Kier alpha value is -0.920. The molecule has 1 rings (SSSR count). The Morgan fingerprint density at radius 3 is 2.06 bits per heavy atom. The van der Waals surface area contributed by atoms with Gasteiger partial charge in [0.2, 0.25) is 5.91 Å². The van der Waals surface area contributed by atoms with Crippen molar-refractivity contribution < 1.29 is 47.3 Å². The van der Waals surface area contributed by atoms with Crippen molar-refractivity contribution in [2.75, 3.05) is 0 Å². The summed E-state index contributed by atoms with van der Waals surface area (Å²) in [5, 5.41) is 0.641. The van der Waals surface area contributed by atoms with Gasteiger partial charge in [0.1, 0.15) is 10.1 Å². The molecular weight excluding hydrogens is 265 g/mol. The van der Waals surface area contributed by atoms with E-state index in [1.54, 1.807) is 24.3 Å². The van der Waals surface area contributed by atoms with Crippen molar-refractivity contribution >= 4 is 22.1 Å². The van der Waals surface area contributed by atoms with Gasteiger partial charge in [-0.3, -0.25) is 4.79 Å². The minimum Gasteiger partial charge on any atom is -0.744 e. The Balaban J connectivity index is 0. The van der Waals surface area contributed by atoms with Gasteiger partial charge in [-0.2, -0.15) is 0 Å². The largest absolute Gasteiger partial charge is 1.00 e. The average molecular weight is 277 g/mol. The van der Waals surface area contributed by atoms with Crippen LogP contribution in [-0.4, -0.2) is 18.9 Å². The quantitative estimate of drug-likeness (QED) is 0.387. The van der Waals surface area contributed by atoms with Crippen LogP contribution in [0.4, 0.5) is 0 Å². The maximum Gasteiger partial charge on any atom is 1.00 e. The van der Waals surface area contributed by atoms with Gasteiger partial charge in [0.15, 0.2) is 0 Å². The van der Waals surface area contributed by atoms with E-state index in [-0.39, 0.29) is 29.6 Å². The molecule has 0 bridgehead atoms. The van der Waals surface area contributed by atoms with Gasteiger partial charge in [0.25, 0.3) is 0 Å². The van der Waals surface area contributed by atoms with E-state index in [1.165, 1.54) is 6.08 Å². The molecular formula is C11H12NNaO4S. The summed E-state index contributed by atoms with van der Waals surface area (Å²) in [5.74, 6) is -0.481. The van der Waals surface area contributed by atoms with Gasteiger partial charge in [-0.25, -0.2) is 8.42 Å². The Bertz CT molecular complexity index is 497. The molecule has 0 aliphatic heterocycles. The molecule has 0 radical (unpaired) electrons. The summed E-state index contributed by atoms with van der Waals surface area (Å²) in [6.45, 7) is 3.09. The van der Waals surface area contributed by atoms with Crippen LogP contribution in [0.5, 0.6) is 0 Å². The SMILES string of the molecule is C=CC(N)=O.O=S(=O)([O-])C=Cc1ccccc1.[Na+]. The van der Waals surface area contributed by atoms with Gasteiger partial charge >= 0.3 is 29.6 Å². The molecule has 18 heavy (non-hydrogen) atoms. The fourth-order valence-corrected chi connectivity index (χ4v) is 1.05. The van der Waals surface area contributed by atoms with Gasteiger partial charge in [-0.05, 0) is 17.7 Å². The number of primary amides is 1. The number of amides is 1. The van der Waals surface area contributed by atoms with Crippen LogP contribution in [0, 0.1) is 0 Å². The van der Waals surface area contributed by atoms with E-state index in [0.29, 0.717) is 11.0 Å². The summed E-state index contributed by atoms with van der Waals surface area (Å²) in [6, 6.07) is 8.75. The Morgan fingerprint density at radius 2 is 1.72 bits per heavy atom. The number of rotatable bonds is 3. The first kappa shape index (κ1) is 19.4. The molecule has 1 aromatic rings. The molecule has 0 aromatic heterocycles. The van der Waals surface area contributed by atoms with E-state index in [0.717, 1.165) is 6.08 Å². The summed E-state index contributed by atoms with van der Waals surface area (Å²) >= 11 is 0. The number of hydrogen-bond acceptors (Lipinski definition) is 4. The van der Waals surface area contributed by atoms with Crippen molar-refractivity contribution in [2.45, 2.75) is 0 Å². The van der Waals surface area contributed by atoms with Crippen LogP contribution in [0.25, 0.3) is 6.08 Å². The van der Waals surface area contributed by atoms with Crippen LogP contribution in [0.15, 0.2) is 48.4 Å². The summed E-state index contributed by atoms with van der Waals surface area (Å²) in [4.78, 5) is 9.47. The molecule has 1 aromatic carbocycles. The normalized spacial score (nSPS) is 9.83. The third-order valence-electron chi connectivity index (χ3n) is 1.43. The Labute approximate surface area is 128 Å². The smallest absolute Gasteiger partial charge is 0.744 e. The number of nitrogens with two attached hydrogens (primary N) is 1. The van der Waals surface area contributed by atoms with Gasteiger partial charge in [0, 0.05) is 5.41 Å². The second-order valence-electron chi connectivity index (χ2n) is 2.81. The Kier molecular flexibility index (Phi) is 10.8. The molecule has 2 N–H and O–H groups in total. The average Bonchev–Trinajstić information content (AvgIpc) is 2.28. The molecule has 92 valence electrons. The standard InChI is InChI=1S/C8H8O3S.C3H5NO.Na/c9-12(10,11)7-6-8-4-2-1-3-5-8;1-2-3(4)5;/h1-7H,(H,9,10,11);2H,1H2,(H2,4,5);/q;;+1/p-1. The summed E-state index contributed by atoms with van der Waals surface area (Å²) in [6.07, 6.45) is 2.32. The first-order valence-electron chi connectivity index (χ1n) is 4.46. The van der Waals surface area contributed by atoms with Gasteiger partial charge < -0.3 is 10.3 Å². The fourth-order valence-electron chi connectivity index (χ4n) is 0.726. The molecule has 0 aliphatic rings. The van der Waals surface area contributed by atoms with Crippen LogP contribution in [0.2, 0.25) is 0 Å². The first-order valence-corrected chi connectivity index (χ1v) is 5.93. The van der Waals surface area contributed by atoms with Gasteiger partial charge in [-0.15, -0.1) is 0 Å². The Morgan fingerprint density at radius 1 is 1.28 bits per heavy atom. The van der Waals surface area contributed by atoms with Crippen molar-refractivity contribution in [3.8, 4) is 0 Å². The number of carbonyl (C=O) groups excluding carboxylic acids is 1. The number of benzene rings is 1. The summed E-state index contributed by atoms with van der Waals surface area (Å²) in [7, 11) is -4.25. The fraction of sp³-hybridized carbons (Fsp3) is 0. The minimum atomic E-state index is -4.25. The van der Waals surface area contributed by atoms with E-state index in [4.69, 9.17) is 0 Å². The van der Waals surface area contributed by atoms with Crippen molar-refractivity contribution in [3.05, 3.63) is 54.0 Å². The van der Waals surface area contributed by atoms with E-state index in [1.807, 2.05) is 6.07 Å². The monoisotopic (exact) mass is 277 g/mol. The number of carbonyl (C=O) groups is 1. The maximum atomic E-state index is 10.2. The van der Waals surface area contributed by atoms with E-state index in [9.17, 15) is 17.8 Å². The second kappa shape index (κ2) is 10.0. The van der Waals surface area contributed by atoms with Crippen molar-refractivity contribution in [1.82, 2.24) is 0 Å². The molecule has 0 spiro atoms. The van der Waals surface area contributed by atoms with Crippen molar-refractivity contribution in [1.29, 1.82) is 0 Å². The minimum absolute atomic E-state index is 0. The van der Waals surface area contributed by atoms with E-state index in [2.05, 4.69) is 12.3 Å². The molecule has 1 amide bonds. The zero-order valence-corrected chi connectivity index (χ0v) is 12.8.